The first kappa shape index (κ1) is 21.8. The Hall–Kier alpha value is -2.53. The second-order valence-corrected chi connectivity index (χ2v) is 7.49. The molecule has 0 aromatic heterocycles. The van der Waals surface area contributed by atoms with Gasteiger partial charge in [0, 0.05) is 0 Å². The highest BCUT2D eigenvalue weighted by Gasteiger charge is 2.28. The van der Waals surface area contributed by atoms with E-state index in [1.165, 1.54) is 19.3 Å². The molecule has 5 heteroatoms. The lowest BCUT2D eigenvalue weighted by molar-refractivity contribution is -0.140. The Balaban J connectivity index is 2.04. The summed E-state index contributed by atoms with van der Waals surface area (Å²) in [5.74, 6) is 0.836. The Morgan fingerprint density at radius 3 is 2.46 bits per heavy atom. The van der Waals surface area contributed by atoms with E-state index in [0.717, 1.165) is 38.5 Å². The van der Waals surface area contributed by atoms with Crippen LogP contribution in [0.3, 0.4) is 0 Å². The summed E-state index contributed by atoms with van der Waals surface area (Å²) in [6, 6.07) is 5.22. The topological polar surface area (TPSA) is 63.7 Å². The number of benzene rings is 1. The molecule has 0 unspecified atom stereocenters. The number of carbonyl (C=O) groups excluding carboxylic acids is 1. The maximum absolute atomic E-state index is 12.6. The van der Waals surface area contributed by atoms with Crippen LogP contribution in [-0.4, -0.2) is 12.6 Å². The van der Waals surface area contributed by atoms with Gasteiger partial charge in [0.1, 0.15) is 17.1 Å². The lowest BCUT2D eigenvalue weighted by Crippen LogP contribution is -2.25. The quantitative estimate of drug-likeness (QED) is 0.221. The summed E-state index contributed by atoms with van der Waals surface area (Å²) in [6.45, 7) is 12.2. The van der Waals surface area contributed by atoms with Crippen LogP contribution < -0.4 is 9.47 Å². The molecule has 0 amide bonds. The van der Waals surface area contributed by atoms with Crippen LogP contribution in [0.5, 0.6) is 11.5 Å². The number of nitrogens with zero attached hydrogens (tertiary/aromatic N) is 2. The van der Waals surface area contributed by atoms with Crippen molar-refractivity contribution in [3.05, 3.63) is 29.1 Å². The van der Waals surface area contributed by atoms with Gasteiger partial charge in [-0.25, -0.2) is 4.85 Å². The smallest absolute Gasteiger partial charge is 0.313 e. The average Bonchev–Trinajstić information content (AvgIpc) is 2.73. The van der Waals surface area contributed by atoms with E-state index in [2.05, 4.69) is 18.7 Å². The second-order valence-electron chi connectivity index (χ2n) is 7.49. The van der Waals surface area contributed by atoms with Crippen molar-refractivity contribution in [2.75, 3.05) is 6.61 Å². The van der Waals surface area contributed by atoms with Gasteiger partial charge in [-0.1, -0.05) is 39.5 Å². The van der Waals surface area contributed by atoms with Crippen LogP contribution in [0.1, 0.15) is 77.2 Å². The lowest BCUT2D eigenvalue weighted by Gasteiger charge is -2.27. The summed E-state index contributed by atoms with van der Waals surface area (Å²) in [6.07, 6.45) is 9.34. The molecule has 2 rings (SSSR count). The second kappa shape index (κ2) is 11.3. The van der Waals surface area contributed by atoms with Gasteiger partial charge >= 0.3 is 5.97 Å². The van der Waals surface area contributed by atoms with E-state index in [4.69, 9.17) is 16.0 Å². The van der Waals surface area contributed by atoms with Crippen molar-refractivity contribution in [3.8, 4) is 17.6 Å². The van der Waals surface area contributed by atoms with Crippen molar-refractivity contribution in [1.82, 2.24) is 0 Å². The molecule has 0 radical (unpaired) electrons. The Bertz CT molecular complexity index is 737. The summed E-state index contributed by atoms with van der Waals surface area (Å²) in [4.78, 5) is 16.1. The van der Waals surface area contributed by atoms with Crippen LogP contribution in [0.2, 0.25) is 0 Å². The van der Waals surface area contributed by atoms with E-state index in [1.807, 2.05) is 6.07 Å². The third kappa shape index (κ3) is 5.73. The summed E-state index contributed by atoms with van der Waals surface area (Å²) in [5, 5.41) is 9.48. The SMILES string of the molecule is [C-]#[N+]c1c(OC(=O)C2CCC(CCCC)CC2)ccc(OCCCC)c1C#N. The van der Waals surface area contributed by atoms with Crippen molar-refractivity contribution < 1.29 is 14.3 Å². The molecule has 28 heavy (non-hydrogen) atoms. The fraction of sp³-hybridized carbons (Fsp3) is 0.609. The van der Waals surface area contributed by atoms with Crippen LogP contribution in [-0.2, 0) is 4.79 Å². The van der Waals surface area contributed by atoms with E-state index in [0.29, 0.717) is 18.3 Å². The number of ether oxygens (including phenoxy) is 2. The van der Waals surface area contributed by atoms with Gasteiger partial charge in [0.05, 0.1) is 25.2 Å². The number of hydrogen-bond acceptors (Lipinski definition) is 4. The predicted octanol–water partition coefficient (Wildman–Crippen LogP) is 6.19. The van der Waals surface area contributed by atoms with E-state index < -0.39 is 0 Å². The molecule has 5 nitrogen and oxygen atoms in total. The van der Waals surface area contributed by atoms with E-state index >= 15 is 0 Å². The molecule has 1 aromatic rings. The standard InChI is InChI=1S/C23H30N2O3/c1-4-6-8-17-9-11-18(12-10-17)23(26)28-21-14-13-20(27-15-7-5-2)19(16-24)22(21)25-3/h13-14,17-18H,4-12,15H2,1-2H3. The van der Waals surface area contributed by atoms with E-state index in [1.54, 1.807) is 12.1 Å². The minimum atomic E-state index is -0.289. The number of hydrogen-bond donors (Lipinski definition) is 0. The Morgan fingerprint density at radius 2 is 1.86 bits per heavy atom. The maximum atomic E-state index is 12.6. The first-order valence-corrected chi connectivity index (χ1v) is 10.4. The first-order valence-electron chi connectivity index (χ1n) is 10.4. The molecule has 0 heterocycles. The first-order chi connectivity index (χ1) is 13.6. The van der Waals surface area contributed by atoms with E-state index in [-0.39, 0.29) is 28.9 Å². The summed E-state index contributed by atoms with van der Waals surface area (Å²) < 4.78 is 11.2. The molecule has 0 N–H and O–H groups in total. The van der Waals surface area contributed by atoms with Gasteiger partial charge in [-0.3, -0.25) is 4.79 Å². The van der Waals surface area contributed by atoms with Crippen molar-refractivity contribution in [2.24, 2.45) is 11.8 Å². The van der Waals surface area contributed by atoms with Gasteiger partial charge < -0.3 is 9.47 Å². The largest absolute Gasteiger partial charge is 0.494 e. The van der Waals surface area contributed by atoms with Gasteiger partial charge in [0.2, 0.25) is 5.69 Å². The highest BCUT2D eigenvalue weighted by atomic mass is 16.5. The molecule has 0 atom stereocenters. The van der Waals surface area contributed by atoms with Crippen LogP contribution >= 0.6 is 0 Å². The fourth-order valence-corrected chi connectivity index (χ4v) is 3.67. The lowest BCUT2D eigenvalue weighted by atomic mass is 9.80. The van der Waals surface area contributed by atoms with E-state index in [9.17, 15) is 10.1 Å². The highest BCUT2D eigenvalue weighted by Crippen LogP contribution is 2.39. The van der Waals surface area contributed by atoms with Crippen LogP contribution in [0.15, 0.2) is 12.1 Å². The predicted molar refractivity (Wildman–Crippen MR) is 108 cm³/mol. The Kier molecular flexibility index (Phi) is 8.82. The zero-order valence-electron chi connectivity index (χ0n) is 17.0. The van der Waals surface area contributed by atoms with Gasteiger partial charge in [-0.2, -0.15) is 5.26 Å². The van der Waals surface area contributed by atoms with Crippen molar-refractivity contribution >= 4 is 11.7 Å². The van der Waals surface area contributed by atoms with Gasteiger partial charge in [0.25, 0.3) is 0 Å². The third-order valence-electron chi connectivity index (χ3n) is 5.44. The summed E-state index contributed by atoms with van der Waals surface area (Å²) in [7, 11) is 0. The number of nitriles is 1. The monoisotopic (exact) mass is 382 g/mol. The number of unbranched alkanes of at least 4 members (excludes halogenated alkanes) is 2. The zero-order valence-corrected chi connectivity index (χ0v) is 17.0. The molecular weight excluding hydrogens is 352 g/mol. The molecule has 0 spiro atoms. The molecule has 1 aliphatic rings. The normalized spacial score (nSPS) is 18.7. The molecule has 150 valence electrons. The van der Waals surface area contributed by atoms with Crippen molar-refractivity contribution in [3.63, 3.8) is 0 Å². The molecule has 0 bridgehead atoms. The molecular formula is C23H30N2O3. The molecule has 0 saturated heterocycles. The number of esters is 1. The van der Waals surface area contributed by atoms with Crippen LogP contribution in [0.4, 0.5) is 5.69 Å². The van der Waals surface area contributed by atoms with Crippen LogP contribution in [0, 0.1) is 29.7 Å². The van der Waals surface area contributed by atoms with Gasteiger partial charge in [-0.15, -0.1) is 0 Å². The minimum absolute atomic E-state index is 0.0569. The highest BCUT2D eigenvalue weighted by molar-refractivity contribution is 5.80. The number of carbonyl (C=O) groups is 1. The number of rotatable bonds is 9. The Morgan fingerprint density at radius 1 is 1.18 bits per heavy atom. The fourth-order valence-electron chi connectivity index (χ4n) is 3.67. The third-order valence-corrected chi connectivity index (χ3v) is 5.44. The summed E-state index contributed by atoms with van der Waals surface area (Å²) in [5.41, 5.74) is 0.196. The molecule has 0 aliphatic heterocycles. The zero-order chi connectivity index (χ0) is 20.4. The van der Waals surface area contributed by atoms with Crippen molar-refractivity contribution in [1.29, 1.82) is 5.26 Å². The Labute approximate surface area is 168 Å². The molecule has 1 fully saturated rings. The summed E-state index contributed by atoms with van der Waals surface area (Å²) >= 11 is 0. The molecule has 1 aliphatic carbocycles. The molecule has 1 saturated carbocycles. The molecule has 1 aromatic carbocycles. The van der Waals surface area contributed by atoms with Gasteiger partial charge in [0.15, 0.2) is 0 Å². The minimum Gasteiger partial charge on any atom is -0.494 e. The van der Waals surface area contributed by atoms with Crippen LogP contribution in [0.25, 0.3) is 4.85 Å². The van der Waals surface area contributed by atoms with Gasteiger partial charge in [-0.05, 0) is 50.2 Å². The maximum Gasteiger partial charge on any atom is 0.313 e. The van der Waals surface area contributed by atoms with Crippen molar-refractivity contribution in [2.45, 2.75) is 71.6 Å². The average molecular weight is 383 g/mol.